The lowest BCUT2D eigenvalue weighted by atomic mass is 10.0. The molecule has 0 aromatic rings. The highest BCUT2D eigenvalue weighted by molar-refractivity contribution is 7.89. The lowest BCUT2D eigenvalue weighted by molar-refractivity contribution is -0.122. The number of nitrogens with two attached hydrogens (primary N) is 1. The maximum Gasteiger partial charge on any atom is 0.222 e. The van der Waals surface area contributed by atoms with E-state index in [0.717, 1.165) is 12.8 Å². The summed E-state index contributed by atoms with van der Waals surface area (Å²) in [5.74, 6) is -0.608. The third-order valence-corrected chi connectivity index (χ3v) is 4.47. The molecule has 0 unspecified atom stereocenters. The molecular formula is C10H20N2O3S. The third-order valence-electron chi connectivity index (χ3n) is 2.98. The Kier molecular flexibility index (Phi) is 4.73. The fraction of sp³-hybridized carbons (Fsp3) is 0.900. The molecule has 0 heterocycles. The minimum Gasteiger partial charge on any atom is -0.369 e. The number of sulfonamides is 1. The van der Waals surface area contributed by atoms with Gasteiger partial charge in [0.2, 0.25) is 15.9 Å². The van der Waals surface area contributed by atoms with Crippen molar-refractivity contribution in [2.75, 3.05) is 5.75 Å². The second-order valence-electron chi connectivity index (χ2n) is 4.34. The minimum absolute atomic E-state index is 0.130. The summed E-state index contributed by atoms with van der Waals surface area (Å²) in [6.45, 7) is 1.94. The second-order valence-corrected chi connectivity index (χ2v) is 6.21. The van der Waals surface area contributed by atoms with Crippen molar-refractivity contribution in [3.8, 4) is 0 Å². The van der Waals surface area contributed by atoms with Crippen molar-refractivity contribution in [3.63, 3.8) is 0 Å². The van der Waals surface area contributed by atoms with Gasteiger partial charge in [-0.15, -0.1) is 0 Å². The standard InChI is InChI=1S/C10H20N2O3S/c1-2-3-7-16(14,15)12-9-6-4-5-8(9)10(11)13/h8-9,12H,2-7H2,1H3,(H2,11,13)/t8-,9+/m1/s1. The number of carbonyl (C=O) groups excluding carboxylic acids is 1. The van der Waals surface area contributed by atoms with Crippen LogP contribution in [0.5, 0.6) is 0 Å². The normalized spacial score (nSPS) is 25.8. The molecule has 2 atom stereocenters. The Morgan fingerprint density at radius 2 is 2.12 bits per heavy atom. The van der Waals surface area contributed by atoms with E-state index in [4.69, 9.17) is 5.73 Å². The van der Waals surface area contributed by atoms with Crippen LogP contribution in [-0.4, -0.2) is 26.1 Å². The van der Waals surface area contributed by atoms with Gasteiger partial charge in [0.25, 0.3) is 0 Å². The molecule has 1 fully saturated rings. The van der Waals surface area contributed by atoms with Gasteiger partial charge in [-0.1, -0.05) is 19.8 Å². The molecule has 1 aliphatic carbocycles. The van der Waals surface area contributed by atoms with Gasteiger partial charge in [0.05, 0.1) is 11.7 Å². The van der Waals surface area contributed by atoms with Gasteiger partial charge in [-0.25, -0.2) is 13.1 Å². The monoisotopic (exact) mass is 248 g/mol. The molecule has 3 N–H and O–H groups in total. The number of rotatable bonds is 6. The van der Waals surface area contributed by atoms with E-state index < -0.39 is 15.9 Å². The molecule has 0 saturated heterocycles. The first kappa shape index (κ1) is 13.4. The summed E-state index contributed by atoms with van der Waals surface area (Å²) in [5, 5.41) is 0. The van der Waals surface area contributed by atoms with E-state index in [1.54, 1.807) is 0 Å². The molecule has 94 valence electrons. The van der Waals surface area contributed by atoms with Crippen LogP contribution >= 0.6 is 0 Å². The molecule has 1 aliphatic rings. The zero-order chi connectivity index (χ0) is 12.2. The number of primary amides is 1. The van der Waals surface area contributed by atoms with Crippen LogP contribution in [0.3, 0.4) is 0 Å². The first-order chi connectivity index (χ1) is 7.46. The first-order valence-electron chi connectivity index (χ1n) is 5.75. The van der Waals surface area contributed by atoms with Crippen molar-refractivity contribution >= 4 is 15.9 Å². The zero-order valence-corrected chi connectivity index (χ0v) is 10.4. The number of hydrogen-bond donors (Lipinski definition) is 2. The molecule has 1 saturated carbocycles. The number of nitrogens with one attached hydrogen (secondary N) is 1. The van der Waals surface area contributed by atoms with Crippen molar-refractivity contribution in [1.82, 2.24) is 4.72 Å². The quantitative estimate of drug-likeness (QED) is 0.711. The van der Waals surface area contributed by atoms with Crippen LogP contribution in [-0.2, 0) is 14.8 Å². The molecular weight excluding hydrogens is 228 g/mol. The highest BCUT2D eigenvalue weighted by Crippen LogP contribution is 2.25. The van der Waals surface area contributed by atoms with Crippen molar-refractivity contribution < 1.29 is 13.2 Å². The molecule has 0 radical (unpaired) electrons. The van der Waals surface area contributed by atoms with Crippen LogP contribution in [0.15, 0.2) is 0 Å². The minimum atomic E-state index is -3.25. The number of unbranched alkanes of at least 4 members (excludes halogenated alkanes) is 1. The summed E-state index contributed by atoms with van der Waals surface area (Å²) in [4.78, 5) is 11.1. The van der Waals surface area contributed by atoms with Crippen molar-refractivity contribution in [2.24, 2.45) is 11.7 Å². The summed E-state index contributed by atoms with van der Waals surface area (Å²) >= 11 is 0. The van der Waals surface area contributed by atoms with Crippen LogP contribution in [0.2, 0.25) is 0 Å². The molecule has 0 aliphatic heterocycles. The fourth-order valence-corrected chi connectivity index (χ4v) is 3.60. The fourth-order valence-electron chi connectivity index (χ4n) is 2.07. The van der Waals surface area contributed by atoms with E-state index in [-0.39, 0.29) is 17.7 Å². The zero-order valence-electron chi connectivity index (χ0n) is 9.61. The van der Waals surface area contributed by atoms with Crippen molar-refractivity contribution in [1.29, 1.82) is 0 Å². The van der Waals surface area contributed by atoms with Crippen LogP contribution < -0.4 is 10.5 Å². The van der Waals surface area contributed by atoms with E-state index in [2.05, 4.69) is 4.72 Å². The van der Waals surface area contributed by atoms with Crippen molar-refractivity contribution in [2.45, 2.75) is 45.1 Å². The maximum atomic E-state index is 11.7. The van der Waals surface area contributed by atoms with E-state index in [1.807, 2.05) is 6.92 Å². The van der Waals surface area contributed by atoms with Gasteiger partial charge in [0.1, 0.15) is 0 Å². The second kappa shape index (κ2) is 5.63. The summed E-state index contributed by atoms with van der Waals surface area (Å²) < 4.78 is 25.9. The van der Waals surface area contributed by atoms with Crippen molar-refractivity contribution in [3.05, 3.63) is 0 Å². The summed E-state index contributed by atoms with van der Waals surface area (Å²) in [5.41, 5.74) is 5.23. The van der Waals surface area contributed by atoms with E-state index >= 15 is 0 Å². The van der Waals surface area contributed by atoms with E-state index in [9.17, 15) is 13.2 Å². The molecule has 5 nitrogen and oxygen atoms in total. The van der Waals surface area contributed by atoms with Crippen LogP contribution in [0.4, 0.5) is 0 Å². The summed E-state index contributed by atoms with van der Waals surface area (Å²) in [6.07, 6.45) is 3.73. The average Bonchev–Trinajstić information content (AvgIpc) is 2.62. The smallest absolute Gasteiger partial charge is 0.222 e. The van der Waals surface area contributed by atoms with E-state index in [0.29, 0.717) is 19.3 Å². The Hall–Kier alpha value is -0.620. The number of hydrogen-bond acceptors (Lipinski definition) is 3. The first-order valence-corrected chi connectivity index (χ1v) is 7.41. The van der Waals surface area contributed by atoms with Gasteiger partial charge >= 0.3 is 0 Å². The van der Waals surface area contributed by atoms with Crippen LogP contribution in [0, 0.1) is 5.92 Å². The molecule has 0 aromatic carbocycles. The van der Waals surface area contributed by atoms with Gasteiger partial charge < -0.3 is 5.73 Å². The lowest BCUT2D eigenvalue weighted by Crippen LogP contribution is -2.43. The summed E-state index contributed by atoms with van der Waals surface area (Å²) in [7, 11) is -3.25. The molecule has 1 amide bonds. The Morgan fingerprint density at radius 3 is 2.69 bits per heavy atom. The predicted molar refractivity (Wildman–Crippen MR) is 62.2 cm³/mol. The molecule has 16 heavy (non-hydrogen) atoms. The number of carbonyl (C=O) groups is 1. The van der Waals surface area contributed by atoms with Crippen LogP contribution in [0.1, 0.15) is 39.0 Å². The Morgan fingerprint density at radius 1 is 1.44 bits per heavy atom. The SMILES string of the molecule is CCCCS(=O)(=O)N[C@H]1CCC[C@H]1C(N)=O. The molecule has 6 heteroatoms. The van der Waals surface area contributed by atoms with Gasteiger partial charge in [0, 0.05) is 6.04 Å². The lowest BCUT2D eigenvalue weighted by Gasteiger charge is -2.18. The Balaban J connectivity index is 2.56. The predicted octanol–water partition coefficient (Wildman–Crippen LogP) is 0.360. The van der Waals surface area contributed by atoms with Gasteiger partial charge in [-0.05, 0) is 19.3 Å². The van der Waals surface area contributed by atoms with Gasteiger partial charge in [0.15, 0.2) is 0 Å². The number of amides is 1. The third kappa shape index (κ3) is 3.75. The summed E-state index contributed by atoms with van der Waals surface area (Å²) in [6, 6.07) is -0.292. The Bertz CT molecular complexity index is 340. The molecule has 0 aromatic heterocycles. The maximum absolute atomic E-state index is 11.7. The van der Waals surface area contributed by atoms with Crippen LogP contribution in [0.25, 0.3) is 0 Å². The van der Waals surface area contributed by atoms with E-state index in [1.165, 1.54) is 0 Å². The molecule has 0 spiro atoms. The molecule has 1 rings (SSSR count). The van der Waals surface area contributed by atoms with Gasteiger partial charge in [-0.2, -0.15) is 0 Å². The highest BCUT2D eigenvalue weighted by Gasteiger charge is 2.33. The average molecular weight is 248 g/mol. The largest absolute Gasteiger partial charge is 0.369 e. The topological polar surface area (TPSA) is 89.3 Å². The van der Waals surface area contributed by atoms with Gasteiger partial charge in [-0.3, -0.25) is 4.79 Å². The molecule has 0 bridgehead atoms. The Labute approximate surface area is 96.8 Å². The highest BCUT2D eigenvalue weighted by atomic mass is 32.2.